The molecule has 0 aromatic rings. The zero-order valence-corrected chi connectivity index (χ0v) is 12.2. The van der Waals surface area contributed by atoms with E-state index < -0.39 is 19.1 Å². The number of hydrogen-bond donors (Lipinski definition) is 0. The van der Waals surface area contributed by atoms with Crippen LogP contribution in [0.5, 0.6) is 0 Å². The third-order valence-electron chi connectivity index (χ3n) is 1.27. The molecule has 0 saturated heterocycles. The van der Waals surface area contributed by atoms with Crippen LogP contribution in [0.1, 0.15) is 0 Å². The van der Waals surface area contributed by atoms with E-state index >= 15 is 0 Å². The molecule has 0 saturated carbocycles. The van der Waals surface area contributed by atoms with Crippen LogP contribution in [-0.2, 0) is 21.8 Å². The van der Waals surface area contributed by atoms with E-state index in [1.165, 1.54) is 21.3 Å². The quantitative estimate of drug-likeness (QED) is 0.484. The lowest BCUT2D eigenvalue weighted by atomic mass is 10.6. The first-order valence-electron chi connectivity index (χ1n) is 4.18. The molecule has 0 heterocycles. The van der Waals surface area contributed by atoms with E-state index in [2.05, 4.69) is 13.2 Å². The van der Waals surface area contributed by atoms with Gasteiger partial charge in [-0.1, -0.05) is 25.3 Å². The maximum atomic E-state index is 5.22. The van der Waals surface area contributed by atoms with E-state index in [9.17, 15) is 0 Å². The molecule has 0 amide bonds. The zero-order valence-electron chi connectivity index (χ0n) is 9.82. The summed E-state index contributed by atoms with van der Waals surface area (Å²) in [6.07, 6.45) is 3.28. The lowest BCUT2D eigenvalue weighted by molar-refractivity contribution is 0.0457. The van der Waals surface area contributed by atoms with Crippen molar-refractivity contribution in [3.05, 3.63) is 25.3 Å². The highest BCUT2D eigenvalue weighted by Crippen LogP contribution is 2.05. The molecule has 0 fully saturated rings. The normalized spacial score (nSPS) is 10.9. The minimum Gasteiger partial charge on any atom is -0.403 e. The Morgan fingerprint density at radius 2 is 1.33 bits per heavy atom. The fourth-order valence-corrected chi connectivity index (χ4v) is 3.52. The van der Waals surface area contributed by atoms with E-state index in [0.29, 0.717) is 0 Å². The highest BCUT2D eigenvalue weighted by atomic mass is 28.4. The van der Waals surface area contributed by atoms with Crippen LogP contribution in [0.2, 0.25) is 0 Å². The molecule has 0 N–H and O–H groups in total. The fourth-order valence-electron chi connectivity index (χ4n) is 0.558. The molecular formula is C8H20O5Si2. The summed E-state index contributed by atoms with van der Waals surface area (Å²) in [4.78, 5) is 0. The molecule has 0 aromatic carbocycles. The van der Waals surface area contributed by atoms with Crippen molar-refractivity contribution < 1.29 is 21.8 Å². The smallest absolute Gasteiger partial charge is 0.403 e. The average Bonchev–Trinajstić information content (AvgIpc) is 2.32. The van der Waals surface area contributed by atoms with Crippen LogP contribution >= 0.6 is 0 Å². The summed E-state index contributed by atoms with van der Waals surface area (Å²) in [5, 5.41) is 0. The Morgan fingerprint density at radius 3 is 1.53 bits per heavy atom. The number of hydrogen-bond acceptors (Lipinski definition) is 5. The van der Waals surface area contributed by atoms with Gasteiger partial charge in [-0.15, -0.1) is 0 Å². The van der Waals surface area contributed by atoms with Crippen LogP contribution in [0.4, 0.5) is 0 Å². The maximum absolute atomic E-state index is 5.22. The first kappa shape index (κ1) is 17.1. The molecule has 90 valence electrons. The maximum Gasteiger partial charge on any atom is 0.669 e. The lowest BCUT2D eigenvalue weighted by Crippen LogP contribution is -2.47. The van der Waals surface area contributed by atoms with Crippen LogP contribution in [0.3, 0.4) is 0 Å². The van der Waals surface area contributed by atoms with Gasteiger partial charge in [-0.2, -0.15) is 0 Å². The number of allylic oxidation sites excluding steroid dienone is 2. The van der Waals surface area contributed by atoms with Crippen LogP contribution < -0.4 is 0 Å². The van der Waals surface area contributed by atoms with E-state index in [4.69, 9.17) is 21.8 Å². The van der Waals surface area contributed by atoms with Crippen molar-refractivity contribution in [1.82, 2.24) is 0 Å². The van der Waals surface area contributed by atoms with Crippen molar-refractivity contribution in [2.75, 3.05) is 28.4 Å². The van der Waals surface area contributed by atoms with Gasteiger partial charge in [0, 0.05) is 28.4 Å². The molecule has 0 aliphatic heterocycles. The topological polar surface area (TPSA) is 46.2 Å². The third kappa shape index (κ3) is 8.69. The molecule has 0 aliphatic rings. The highest BCUT2D eigenvalue weighted by molar-refractivity contribution is 6.58. The van der Waals surface area contributed by atoms with Crippen LogP contribution in [-0.4, -0.2) is 47.5 Å². The zero-order chi connectivity index (χ0) is 12.2. The summed E-state index contributed by atoms with van der Waals surface area (Å²) >= 11 is 0. The Morgan fingerprint density at radius 1 is 0.933 bits per heavy atom. The first-order valence-corrected chi connectivity index (χ1v) is 6.96. The second-order valence-electron chi connectivity index (χ2n) is 2.13. The summed E-state index contributed by atoms with van der Waals surface area (Å²) in [7, 11) is 2.21. The average molecular weight is 252 g/mol. The van der Waals surface area contributed by atoms with Crippen molar-refractivity contribution in [3.63, 3.8) is 0 Å². The molecular weight excluding hydrogens is 232 g/mol. The fraction of sp³-hybridized carbons (Fsp3) is 0.500. The molecule has 0 unspecified atom stereocenters. The van der Waals surface area contributed by atoms with Gasteiger partial charge in [0.2, 0.25) is 0 Å². The van der Waals surface area contributed by atoms with Crippen LogP contribution in [0.15, 0.2) is 25.3 Å². The van der Waals surface area contributed by atoms with Gasteiger partial charge in [-0.05, 0) is 0 Å². The summed E-state index contributed by atoms with van der Waals surface area (Å²) in [5.41, 5.74) is 0. The van der Waals surface area contributed by atoms with E-state index in [1.54, 1.807) is 19.3 Å². The standard InChI is InChI=1S/C4H14O5Si2.C4H6/c1-5-10-9-11(6-2,7-3)8-4;1-3-4-2/h10H2,1-4H3;3-4H,1-2H2. The summed E-state index contributed by atoms with van der Waals surface area (Å²) < 4.78 is 24.9. The molecule has 0 spiro atoms. The van der Waals surface area contributed by atoms with Gasteiger partial charge in [-0.3, -0.25) is 0 Å². The second-order valence-corrected chi connectivity index (χ2v) is 6.33. The summed E-state index contributed by atoms with van der Waals surface area (Å²) in [5.74, 6) is 0. The van der Waals surface area contributed by atoms with Gasteiger partial charge < -0.3 is 21.8 Å². The first-order chi connectivity index (χ1) is 7.16. The molecule has 0 atom stereocenters. The Kier molecular flexibility index (Phi) is 13.5. The van der Waals surface area contributed by atoms with E-state index in [0.717, 1.165) is 0 Å². The van der Waals surface area contributed by atoms with Gasteiger partial charge in [-0.25, -0.2) is 0 Å². The van der Waals surface area contributed by atoms with E-state index in [1.807, 2.05) is 0 Å². The third-order valence-corrected chi connectivity index (χ3v) is 4.89. The molecule has 0 bridgehead atoms. The molecule has 15 heavy (non-hydrogen) atoms. The second kappa shape index (κ2) is 11.8. The van der Waals surface area contributed by atoms with Crippen LogP contribution in [0.25, 0.3) is 0 Å². The van der Waals surface area contributed by atoms with Gasteiger partial charge in [0.1, 0.15) is 0 Å². The monoisotopic (exact) mass is 252 g/mol. The Balaban J connectivity index is 0. The minimum absolute atomic E-state index is 1.03. The van der Waals surface area contributed by atoms with Crippen molar-refractivity contribution in [1.29, 1.82) is 0 Å². The van der Waals surface area contributed by atoms with Crippen LogP contribution in [0, 0.1) is 0 Å². The van der Waals surface area contributed by atoms with Crippen molar-refractivity contribution >= 4 is 19.1 Å². The Bertz CT molecular complexity index is 147. The molecule has 0 rings (SSSR count). The predicted molar refractivity (Wildman–Crippen MR) is 63.8 cm³/mol. The Labute approximate surface area is 95.2 Å². The van der Waals surface area contributed by atoms with Crippen molar-refractivity contribution in [2.24, 2.45) is 0 Å². The predicted octanol–water partition coefficient (Wildman–Crippen LogP) is 0.381. The van der Waals surface area contributed by atoms with Crippen molar-refractivity contribution in [3.8, 4) is 0 Å². The molecule has 5 nitrogen and oxygen atoms in total. The van der Waals surface area contributed by atoms with Gasteiger partial charge >= 0.3 is 9.05 Å². The minimum atomic E-state index is -2.80. The van der Waals surface area contributed by atoms with E-state index in [-0.39, 0.29) is 0 Å². The molecule has 7 heteroatoms. The largest absolute Gasteiger partial charge is 0.669 e. The molecule has 0 radical (unpaired) electrons. The number of rotatable bonds is 7. The molecule has 0 aliphatic carbocycles. The van der Waals surface area contributed by atoms with Gasteiger partial charge in [0.15, 0.2) is 0 Å². The summed E-state index contributed by atoms with van der Waals surface area (Å²) in [6, 6.07) is 0. The Hall–Kier alpha value is -0.286. The van der Waals surface area contributed by atoms with Gasteiger partial charge in [0.05, 0.1) is 0 Å². The lowest BCUT2D eigenvalue weighted by Gasteiger charge is -2.22. The SMILES string of the molecule is C=CC=C.CO[SiH2]O[Si](OC)(OC)OC. The van der Waals surface area contributed by atoms with Crippen molar-refractivity contribution in [2.45, 2.75) is 0 Å². The van der Waals surface area contributed by atoms with Gasteiger partial charge in [0.25, 0.3) is 10.0 Å². The molecule has 0 aromatic heterocycles. The summed E-state index contributed by atoms with van der Waals surface area (Å²) in [6.45, 7) is 6.72. The highest BCUT2D eigenvalue weighted by Gasteiger charge is 2.41.